The summed E-state index contributed by atoms with van der Waals surface area (Å²) in [7, 11) is 1.61. The van der Waals surface area contributed by atoms with Crippen LogP contribution < -0.4 is 10.1 Å². The summed E-state index contributed by atoms with van der Waals surface area (Å²) in [6, 6.07) is 5.36. The second-order valence-corrected chi connectivity index (χ2v) is 5.86. The third kappa shape index (κ3) is 4.21. The van der Waals surface area contributed by atoms with Crippen LogP contribution in [0.15, 0.2) is 22.7 Å². The maximum absolute atomic E-state index is 12.0. The highest BCUT2D eigenvalue weighted by atomic mass is 79.9. The monoisotopic (exact) mass is 340 g/mol. The standard InChI is InChI=1S/C15H21BrN2O2/c1-20-14-6-5-12(11-13(14)16)15(19)17-7-4-10-18-8-2-3-9-18/h5-6,11H,2-4,7-10H2,1H3,(H,17,19). The van der Waals surface area contributed by atoms with E-state index < -0.39 is 0 Å². The minimum Gasteiger partial charge on any atom is -0.496 e. The van der Waals surface area contributed by atoms with Crippen LogP contribution >= 0.6 is 15.9 Å². The smallest absolute Gasteiger partial charge is 0.251 e. The molecule has 0 atom stereocenters. The van der Waals surface area contributed by atoms with Crippen LogP contribution in [-0.4, -0.2) is 44.1 Å². The molecule has 0 saturated carbocycles. The first-order chi connectivity index (χ1) is 9.70. The van der Waals surface area contributed by atoms with Crippen LogP contribution in [0.3, 0.4) is 0 Å². The van der Waals surface area contributed by atoms with E-state index in [-0.39, 0.29) is 5.91 Å². The largest absolute Gasteiger partial charge is 0.496 e. The number of ether oxygens (including phenoxy) is 1. The van der Waals surface area contributed by atoms with Crippen LogP contribution in [0, 0.1) is 0 Å². The molecule has 1 aromatic rings. The molecule has 5 heteroatoms. The van der Waals surface area contributed by atoms with Crippen LogP contribution in [-0.2, 0) is 0 Å². The van der Waals surface area contributed by atoms with Gasteiger partial charge in [-0.1, -0.05) is 0 Å². The summed E-state index contributed by atoms with van der Waals surface area (Å²) in [6.45, 7) is 4.21. The molecule has 1 N–H and O–H groups in total. The Morgan fingerprint density at radius 3 is 2.80 bits per heavy atom. The lowest BCUT2D eigenvalue weighted by atomic mass is 10.2. The fourth-order valence-corrected chi connectivity index (χ4v) is 2.96. The Bertz CT molecular complexity index is 459. The Kier molecular flexibility index (Phi) is 5.86. The zero-order chi connectivity index (χ0) is 14.4. The third-order valence-electron chi connectivity index (χ3n) is 3.55. The topological polar surface area (TPSA) is 41.6 Å². The van der Waals surface area contributed by atoms with E-state index in [1.165, 1.54) is 25.9 Å². The number of amides is 1. The van der Waals surface area contributed by atoms with Gasteiger partial charge in [-0.15, -0.1) is 0 Å². The Balaban J connectivity index is 1.75. The van der Waals surface area contributed by atoms with Crippen LogP contribution in [0.1, 0.15) is 29.6 Å². The normalized spacial score (nSPS) is 15.3. The number of carbonyl (C=O) groups is 1. The van der Waals surface area contributed by atoms with Gasteiger partial charge >= 0.3 is 0 Å². The van der Waals surface area contributed by atoms with Crippen molar-refractivity contribution in [2.75, 3.05) is 33.3 Å². The van der Waals surface area contributed by atoms with Crippen molar-refractivity contribution in [3.63, 3.8) is 0 Å². The van der Waals surface area contributed by atoms with E-state index in [0.29, 0.717) is 5.56 Å². The van der Waals surface area contributed by atoms with E-state index >= 15 is 0 Å². The summed E-state index contributed by atoms with van der Waals surface area (Å²) >= 11 is 3.39. The Hall–Kier alpha value is -1.07. The van der Waals surface area contributed by atoms with Crippen molar-refractivity contribution < 1.29 is 9.53 Å². The van der Waals surface area contributed by atoms with E-state index in [2.05, 4.69) is 26.1 Å². The number of rotatable bonds is 6. The van der Waals surface area contributed by atoms with Crippen molar-refractivity contribution in [2.24, 2.45) is 0 Å². The zero-order valence-electron chi connectivity index (χ0n) is 11.8. The first-order valence-electron chi connectivity index (χ1n) is 7.05. The zero-order valence-corrected chi connectivity index (χ0v) is 13.4. The Morgan fingerprint density at radius 2 is 2.15 bits per heavy atom. The van der Waals surface area contributed by atoms with Crippen molar-refractivity contribution >= 4 is 21.8 Å². The van der Waals surface area contributed by atoms with Gasteiger partial charge in [0.05, 0.1) is 11.6 Å². The molecule has 1 aliphatic heterocycles. The molecule has 2 rings (SSSR count). The minimum atomic E-state index is -0.0326. The molecule has 1 aliphatic rings. The molecule has 0 aliphatic carbocycles. The number of nitrogens with one attached hydrogen (secondary N) is 1. The van der Waals surface area contributed by atoms with Crippen LogP contribution in [0.25, 0.3) is 0 Å². The lowest BCUT2D eigenvalue weighted by Gasteiger charge is -2.14. The Labute approximate surface area is 128 Å². The molecule has 0 aromatic heterocycles. The Morgan fingerprint density at radius 1 is 1.40 bits per heavy atom. The first-order valence-corrected chi connectivity index (χ1v) is 7.84. The molecule has 1 aromatic carbocycles. The second-order valence-electron chi connectivity index (χ2n) is 5.01. The lowest BCUT2D eigenvalue weighted by Crippen LogP contribution is -2.28. The van der Waals surface area contributed by atoms with Gasteiger partial charge in [0.1, 0.15) is 5.75 Å². The van der Waals surface area contributed by atoms with Gasteiger partial charge in [0.2, 0.25) is 0 Å². The van der Waals surface area contributed by atoms with Crippen LogP contribution in [0.2, 0.25) is 0 Å². The lowest BCUT2D eigenvalue weighted by molar-refractivity contribution is 0.0952. The summed E-state index contributed by atoms with van der Waals surface area (Å²) in [6.07, 6.45) is 3.63. The molecule has 110 valence electrons. The first kappa shape index (κ1) is 15.3. The van der Waals surface area contributed by atoms with Gasteiger partial charge in [-0.2, -0.15) is 0 Å². The molecular weight excluding hydrogens is 320 g/mol. The summed E-state index contributed by atoms with van der Waals surface area (Å²) in [5, 5.41) is 2.96. The summed E-state index contributed by atoms with van der Waals surface area (Å²) in [5.74, 6) is 0.699. The third-order valence-corrected chi connectivity index (χ3v) is 4.17. The maximum atomic E-state index is 12.0. The van der Waals surface area contributed by atoms with E-state index in [0.717, 1.165) is 29.7 Å². The van der Waals surface area contributed by atoms with Gasteiger partial charge in [0.15, 0.2) is 0 Å². The number of nitrogens with zero attached hydrogens (tertiary/aromatic N) is 1. The highest BCUT2D eigenvalue weighted by molar-refractivity contribution is 9.10. The summed E-state index contributed by atoms with van der Waals surface area (Å²) in [4.78, 5) is 14.5. The predicted molar refractivity (Wildman–Crippen MR) is 83.3 cm³/mol. The van der Waals surface area contributed by atoms with Gasteiger partial charge in [-0.05, 0) is 73.0 Å². The van der Waals surface area contributed by atoms with Crippen molar-refractivity contribution in [3.05, 3.63) is 28.2 Å². The van der Waals surface area contributed by atoms with Crippen molar-refractivity contribution in [1.82, 2.24) is 10.2 Å². The number of halogens is 1. The van der Waals surface area contributed by atoms with Crippen LogP contribution in [0.5, 0.6) is 5.75 Å². The molecule has 1 amide bonds. The number of likely N-dealkylation sites (tertiary alicyclic amines) is 1. The number of hydrogen-bond acceptors (Lipinski definition) is 3. The summed E-state index contributed by atoms with van der Waals surface area (Å²) < 4.78 is 5.95. The van der Waals surface area contributed by atoms with Crippen molar-refractivity contribution in [3.8, 4) is 5.75 Å². The molecule has 1 saturated heterocycles. The second kappa shape index (κ2) is 7.64. The highest BCUT2D eigenvalue weighted by Crippen LogP contribution is 2.25. The van der Waals surface area contributed by atoms with Gasteiger partial charge in [0.25, 0.3) is 5.91 Å². The predicted octanol–water partition coefficient (Wildman–Crippen LogP) is 2.67. The van der Waals surface area contributed by atoms with E-state index in [9.17, 15) is 4.79 Å². The van der Waals surface area contributed by atoms with E-state index in [4.69, 9.17) is 4.74 Å². The van der Waals surface area contributed by atoms with Gasteiger partial charge in [-0.25, -0.2) is 0 Å². The van der Waals surface area contributed by atoms with Crippen molar-refractivity contribution in [1.29, 1.82) is 0 Å². The van der Waals surface area contributed by atoms with Gasteiger partial charge in [-0.3, -0.25) is 4.79 Å². The SMILES string of the molecule is COc1ccc(C(=O)NCCCN2CCCC2)cc1Br. The fourth-order valence-electron chi connectivity index (χ4n) is 2.42. The number of benzene rings is 1. The summed E-state index contributed by atoms with van der Waals surface area (Å²) in [5.41, 5.74) is 0.652. The molecule has 0 radical (unpaired) electrons. The molecule has 0 spiro atoms. The fraction of sp³-hybridized carbons (Fsp3) is 0.533. The number of methoxy groups -OCH3 is 1. The van der Waals surface area contributed by atoms with Gasteiger partial charge in [0, 0.05) is 12.1 Å². The molecule has 20 heavy (non-hydrogen) atoms. The van der Waals surface area contributed by atoms with E-state index in [1.54, 1.807) is 25.3 Å². The molecule has 1 fully saturated rings. The minimum absolute atomic E-state index is 0.0326. The molecule has 4 nitrogen and oxygen atoms in total. The quantitative estimate of drug-likeness (QED) is 0.809. The molecule has 0 unspecified atom stereocenters. The average Bonchev–Trinajstić information content (AvgIpc) is 2.96. The van der Waals surface area contributed by atoms with Gasteiger partial charge < -0.3 is 15.0 Å². The molecular formula is C15H21BrN2O2. The molecule has 0 bridgehead atoms. The van der Waals surface area contributed by atoms with E-state index in [1.807, 2.05) is 0 Å². The van der Waals surface area contributed by atoms with Crippen LogP contribution in [0.4, 0.5) is 0 Å². The maximum Gasteiger partial charge on any atom is 0.251 e. The highest BCUT2D eigenvalue weighted by Gasteiger charge is 2.11. The average molecular weight is 341 g/mol. The number of hydrogen-bond donors (Lipinski definition) is 1. The van der Waals surface area contributed by atoms with Crippen molar-refractivity contribution in [2.45, 2.75) is 19.3 Å². The number of carbonyl (C=O) groups excluding carboxylic acids is 1. The molecule has 1 heterocycles.